The highest BCUT2D eigenvalue weighted by Crippen LogP contribution is 2.36. The first-order valence-electron chi connectivity index (χ1n) is 11.0. The Balaban J connectivity index is 1.84. The molecule has 0 radical (unpaired) electrons. The van der Waals surface area contributed by atoms with Gasteiger partial charge < -0.3 is 20.1 Å². The summed E-state index contributed by atoms with van der Waals surface area (Å²) in [6.45, 7) is 2.31. The van der Waals surface area contributed by atoms with E-state index in [-0.39, 0.29) is 24.5 Å². The molecule has 1 fully saturated rings. The lowest BCUT2D eigenvalue weighted by Crippen LogP contribution is -2.20. The van der Waals surface area contributed by atoms with Crippen LogP contribution in [0.5, 0.6) is 0 Å². The zero-order chi connectivity index (χ0) is 21.9. The Kier molecular flexibility index (Phi) is 11.9. The molecule has 1 aromatic rings. The van der Waals surface area contributed by atoms with Crippen molar-refractivity contribution in [1.29, 1.82) is 0 Å². The van der Waals surface area contributed by atoms with Crippen LogP contribution in [0.4, 0.5) is 0 Å². The van der Waals surface area contributed by atoms with Crippen molar-refractivity contribution in [3.05, 3.63) is 45.1 Å². The van der Waals surface area contributed by atoms with Crippen LogP contribution < -0.4 is 0 Å². The number of halogens is 1. The first kappa shape index (κ1) is 25.8. The highest BCUT2D eigenvalue weighted by Gasteiger charge is 2.39. The molecule has 2 rings (SSSR count). The van der Waals surface area contributed by atoms with E-state index in [0.29, 0.717) is 12.3 Å². The minimum Gasteiger partial charge on any atom is -0.396 e. The third-order valence-corrected chi connectivity index (χ3v) is 7.71. The number of hydrogen-bond acceptors (Lipinski definition) is 5. The molecule has 1 aliphatic rings. The molecular formula is C24H37BrO4S. The van der Waals surface area contributed by atoms with Gasteiger partial charge in [0.25, 0.3) is 0 Å². The molecule has 1 aromatic heterocycles. The maximum atomic E-state index is 10.5. The first-order valence-corrected chi connectivity index (χ1v) is 12.6. The van der Waals surface area contributed by atoms with E-state index in [9.17, 15) is 10.2 Å². The molecule has 0 spiro atoms. The molecule has 1 saturated carbocycles. The van der Waals surface area contributed by atoms with Crippen LogP contribution >= 0.6 is 27.3 Å². The van der Waals surface area contributed by atoms with E-state index < -0.39 is 12.2 Å². The van der Waals surface area contributed by atoms with Crippen LogP contribution in [0.1, 0.15) is 50.3 Å². The van der Waals surface area contributed by atoms with Crippen molar-refractivity contribution in [2.75, 3.05) is 13.7 Å². The predicted octanol–water partition coefficient (Wildman–Crippen LogP) is 5.12. The van der Waals surface area contributed by atoms with Crippen molar-refractivity contribution in [2.24, 2.45) is 17.8 Å². The number of aliphatic hydroxyl groups excluding tert-OH is 3. The van der Waals surface area contributed by atoms with E-state index in [1.54, 1.807) is 18.4 Å². The molecule has 0 saturated heterocycles. The molecule has 0 amide bonds. The van der Waals surface area contributed by atoms with Gasteiger partial charge in [-0.15, -0.1) is 11.3 Å². The molecule has 0 aliphatic heterocycles. The maximum absolute atomic E-state index is 10.5. The standard InChI is InChI=1S/C24H37BrO4S/c1-17(16-26)7-5-3-4-6-8-20-21(23(28)15-22(20)27)13-10-18(29-2)9-11-19-12-14-24(25)30-19/h4,6,10,12-14,17-18,20-23,26-28H,3,5,7-9,11,15-16H2,1-2H3/b6-4+,13-10+. The van der Waals surface area contributed by atoms with Crippen molar-refractivity contribution in [2.45, 2.75) is 70.2 Å². The minimum absolute atomic E-state index is 0.000486. The summed E-state index contributed by atoms with van der Waals surface area (Å²) >= 11 is 5.25. The summed E-state index contributed by atoms with van der Waals surface area (Å²) in [5.74, 6) is 0.344. The predicted molar refractivity (Wildman–Crippen MR) is 128 cm³/mol. The number of methoxy groups -OCH3 is 1. The van der Waals surface area contributed by atoms with Crippen LogP contribution in [-0.4, -0.2) is 47.3 Å². The third kappa shape index (κ3) is 8.56. The molecule has 30 heavy (non-hydrogen) atoms. The maximum Gasteiger partial charge on any atom is 0.0755 e. The summed E-state index contributed by atoms with van der Waals surface area (Å²) in [5, 5.41) is 30.0. The average molecular weight is 502 g/mol. The SMILES string of the molecule is COC(/C=C/C1C(O)CC(O)C1C/C=C/CCCC(C)CO)CCc1ccc(Br)s1. The number of thiophene rings is 1. The van der Waals surface area contributed by atoms with Crippen LogP contribution in [-0.2, 0) is 11.2 Å². The van der Waals surface area contributed by atoms with Gasteiger partial charge in [-0.2, -0.15) is 0 Å². The normalized spacial score (nSPS) is 26.7. The van der Waals surface area contributed by atoms with Gasteiger partial charge in [0.2, 0.25) is 0 Å². The lowest BCUT2D eigenvalue weighted by Gasteiger charge is -2.20. The Hall–Kier alpha value is -0.500. The van der Waals surface area contributed by atoms with Gasteiger partial charge in [-0.25, -0.2) is 0 Å². The fourth-order valence-corrected chi connectivity index (χ4v) is 5.57. The van der Waals surface area contributed by atoms with Gasteiger partial charge in [0.05, 0.1) is 22.1 Å². The molecular weight excluding hydrogens is 464 g/mol. The van der Waals surface area contributed by atoms with E-state index in [4.69, 9.17) is 9.84 Å². The summed E-state index contributed by atoms with van der Waals surface area (Å²) in [7, 11) is 1.72. The van der Waals surface area contributed by atoms with Crippen molar-refractivity contribution < 1.29 is 20.1 Å². The van der Waals surface area contributed by atoms with Crippen LogP contribution in [0.25, 0.3) is 0 Å². The van der Waals surface area contributed by atoms with Gasteiger partial charge in [0.15, 0.2) is 0 Å². The van der Waals surface area contributed by atoms with Crippen LogP contribution in [0.2, 0.25) is 0 Å². The van der Waals surface area contributed by atoms with E-state index >= 15 is 0 Å². The van der Waals surface area contributed by atoms with Crippen molar-refractivity contribution >= 4 is 27.3 Å². The van der Waals surface area contributed by atoms with Gasteiger partial charge in [0, 0.05) is 30.9 Å². The van der Waals surface area contributed by atoms with Gasteiger partial charge in [0.1, 0.15) is 0 Å². The van der Waals surface area contributed by atoms with Crippen molar-refractivity contribution in [3.63, 3.8) is 0 Å². The molecule has 0 aromatic carbocycles. The molecule has 4 nitrogen and oxygen atoms in total. The van der Waals surface area contributed by atoms with Crippen LogP contribution in [0, 0.1) is 17.8 Å². The topological polar surface area (TPSA) is 69.9 Å². The monoisotopic (exact) mass is 500 g/mol. The zero-order valence-corrected chi connectivity index (χ0v) is 20.5. The average Bonchev–Trinajstić information content (AvgIpc) is 3.26. The number of ether oxygens (including phenoxy) is 1. The number of aliphatic hydroxyl groups is 3. The molecule has 1 heterocycles. The van der Waals surface area contributed by atoms with Gasteiger partial charge >= 0.3 is 0 Å². The Labute approximate surface area is 193 Å². The largest absolute Gasteiger partial charge is 0.396 e. The summed E-state index contributed by atoms with van der Waals surface area (Å²) in [4.78, 5) is 1.32. The van der Waals surface area contributed by atoms with E-state index in [1.807, 2.05) is 0 Å². The summed E-state index contributed by atoms with van der Waals surface area (Å²) in [6, 6.07) is 4.20. The molecule has 0 bridgehead atoms. The molecule has 6 unspecified atom stereocenters. The van der Waals surface area contributed by atoms with Gasteiger partial charge in [-0.1, -0.05) is 31.2 Å². The van der Waals surface area contributed by atoms with Gasteiger partial charge in [-0.05, 0) is 78.4 Å². The second-order valence-electron chi connectivity index (χ2n) is 8.44. The second-order valence-corrected chi connectivity index (χ2v) is 11.0. The minimum atomic E-state index is -0.509. The lowest BCUT2D eigenvalue weighted by atomic mass is 9.89. The summed E-state index contributed by atoms with van der Waals surface area (Å²) in [5.41, 5.74) is 0. The molecule has 6 heteroatoms. The highest BCUT2D eigenvalue weighted by atomic mass is 79.9. The number of rotatable bonds is 13. The van der Waals surface area contributed by atoms with Crippen LogP contribution in [0.3, 0.4) is 0 Å². The number of unbranched alkanes of at least 4 members (excludes halogenated alkanes) is 1. The first-order chi connectivity index (χ1) is 14.4. The number of allylic oxidation sites excluding steroid dienone is 2. The Morgan fingerprint density at radius 2 is 2.03 bits per heavy atom. The fraction of sp³-hybridized carbons (Fsp3) is 0.667. The fourth-order valence-electron chi connectivity index (χ4n) is 4.07. The second kappa shape index (κ2) is 13.8. The highest BCUT2D eigenvalue weighted by molar-refractivity contribution is 9.11. The van der Waals surface area contributed by atoms with Crippen molar-refractivity contribution in [3.8, 4) is 0 Å². The van der Waals surface area contributed by atoms with Crippen LogP contribution in [0.15, 0.2) is 40.2 Å². The Bertz CT molecular complexity index is 659. The third-order valence-electron chi connectivity index (χ3n) is 6.03. The summed E-state index contributed by atoms with van der Waals surface area (Å²) in [6.07, 6.45) is 13.6. The van der Waals surface area contributed by atoms with Crippen molar-refractivity contribution in [1.82, 2.24) is 0 Å². The zero-order valence-electron chi connectivity index (χ0n) is 18.1. The molecule has 1 aliphatic carbocycles. The molecule has 6 atom stereocenters. The Morgan fingerprint density at radius 3 is 2.70 bits per heavy atom. The number of hydrogen-bond donors (Lipinski definition) is 3. The quantitative estimate of drug-likeness (QED) is 0.259. The summed E-state index contributed by atoms with van der Waals surface area (Å²) < 4.78 is 6.76. The van der Waals surface area contributed by atoms with Gasteiger partial charge in [-0.3, -0.25) is 0 Å². The Morgan fingerprint density at radius 1 is 1.23 bits per heavy atom. The number of aryl methyl sites for hydroxylation is 1. The molecule has 3 N–H and O–H groups in total. The molecule has 170 valence electrons. The van der Waals surface area contributed by atoms with E-state index in [0.717, 1.165) is 42.3 Å². The van der Waals surface area contributed by atoms with E-state index in [2.05, 4.69) is 59.3 Å². The van der Waals surface area contributed by atoms with E-state index in [1.165, 1.54) is 4.88 Å². The smallest absolute Gasteiger partial charge is 0.0755 e. The lowest BCUT2D eigenvalue weighted by molar-refractivity contribution is 0.120.